The van der Waals surface area contributed by atoms with E-state index in [0.717, 1.165) is 0 Å². The molecule has 0 heterocycles. The van der Waals surface area contributed by atoms with E-state index in [1.165, 1.54) is 0 Å². The standard InChI is InChI=1S/C4H11N4OP/c5-4(6)8-2-1-3-10(7)9/h7H,1-3H2,(H4,5,6,8). The molecule has 0 amide bonds. The van der Waals surface area contributed by atoms with Gasteiger partial charge in [0.1, 0.15) is 6.16 Å². The first-order chi connectivity index (χ1) is 4.63. The predicted octanol–water partition coefficient (Wildman–Crippen LogP) is -0.831. The number of hydrogen-bond acceptors (Lipinski definition) is 3. The van der Waals surface area contributed by atoms with Gasteiger partial charge in [0.25, 0.3) is 0 Å². The number of guanidine groups is 1. The van der Waals surface area contributed by atoms with Crippen LogP contribution >= 0.6 is 7.94 Å². The van der Waals surface area contributed by atoms with Gasteiger partial charge in [-0.3, -0.25) is 4.99 Å². The zero-order valence-electron chi connectivity index (χ0n) is 5.58. The first kappa shape index (κ1) is 9.33. The van der Waals surface area contributed by atoms with Gasteiger partial charge in [0, 0.05) is 13.0 Å². The van der Waals surface area contributed by atoms with Crippen LogP contribution in [0.25, 0.3) is 0 Å². The molecule has 0 aliphatic carbocycles. The molecule has 0 rings (SSSR count). The molecule has 0 saturated carbocycles. The summed E-state index contributed by atoms with van der Waals surface area (Å²) in [6.45, 7) is 0.461. The Morgan fingerprint density at radius 3 is 2.60 bits per heavy atom. The monoisotopic (exact) mass is 162 g/mol. The smallest absolute Gasteiger partial charge is 0.185 e. The molecule has 0 fully saturated rings. The van der Waals surface area contributed by atoms with Crippen molar-refractivity contribution in [2.24, 2.45) is 16.5 Å². The van der Waals surface area contributed by atoms with E-state index in [4.69, 9.17) is 16.6 Å². The maximum Gasteiger partial charge on any atom is 0.185 e. The molecule has 0 aromatic heterocycles. The van der Waals surface area contributed by atoms with E-state index < -0.39 is 7.94 Å². The number of hydrogen-bond donors (Lipinski definition) is 3. The van der Waals surface area contributed by atoms with Crippen molar-refractivity contribution in [3.05, 3.63) is 0 Å². The van der Waals surface area contributed by atoms with Crippen molar-refractivity contribution >= 4 is 13.9 Å². The van der Waals surface area contributed by atoms with E-state index in [1.807, 2.05) is 0 Å². The van der Waals surface area contributed by atoms with E-state index in [2.05, 4.69) is 4.99 Å². The Labute approximate surface area is 60.5 Å². The minimum absolute atomic E-state index is 0.0419. The highest BCUT2D eigenvalue weighted by molar-refractivity contribution is 7.37. The molecule has 1 atom stereocenters. The number of nitrogens with one attached hydrogen (secondary N) is 1. The topological polar surface area (TPSA) is 111 Å². The van der Waals surface area contributed by atoms with E-state index in [1.54, 1.807) is 0 Å². The van der Waals surface area contributed by atoms with E-state index in [-0.39, 0.29) is 5.96 Å². The number of rotatable bonds is 4. The number of nitrogens with two attached hydrogens (primary N) is 2. The van der Waals surface area contributed by atoms with Crippen molar-refractivity contribution in [1.82, 2.24) is 0 Å². The average molecular weight is 162 g/mol. The Morgan fingerprint density at radius 2 is 2.20 bits per heavy atom. The molecule has 10 heavy (non-hydrogen) atoms. The summed E-state index contributed by atoms with van der Waals surface area (Å²) in [5.41, 5.74) is 10.0. The van der Waals surface area contributed by atoms with Crippen LogP contribution in [0.3, 0.4) is 0 Å². The minimum Gasteiger partial charge on any atom is -0.612 e. The van der Waals surface area contributed by atoms with Gasteiger partial charge in [0.05, 0.1) is 0 Å². The van der Waals surface area contributed by atoms with Crippen LogP contribution in [0.15, 0.2) is 4.99 Å². The predicted molar refractivity (Wildman–Crippen MR) is 39.8 cm³/mol. The molecule has 58 valence electrons. The van der Waals surface area contributed by atoms with Gasteiger partial charge in [0.15, 0.2) is 13.9 Å². The average Bonchev–Trinajstić information content (AvgIpc) is 1.79. The van der Waals surface area contributed by atoms with Crippen molar-refractivity contribution < 1.29 is 4.89 Å². The van der Waals surface area contributed by atoms with Crippen molar-refractivity contribution in [3.8, 4) is 0 Å². The maximum atomic E-state index is 10.2. The molecule has 1 unspecified atom stereocenters. The van der Waals surface area contributed by atoms with Crippen LogP contribution in [0.5, 0.6) is 0 Å². The molecule has 0 radical (unpaired) electrons. The van der Waals surface area contributed by atoms with Gasteiger partial charge in [-0.25, -0.2) is 0 Å². The van der Waals surface area contributed by atoms with Crippen LogP contribution in [0, 0.1) is 5.16 Å². The Morgan fingerprint density at radius 1 is 1.60 bits per heavy atom. The van der Waals surface area contributed by atoms with Crippen molar-refractivity contribution in [1.29, 1.82) is 5.16 Å². The lowest BCUT2D eigenvalue weighted by Crippen LogP contribution is -2.23. The molecule has 5 N–H and O–H groups in total. The molecular formula is C4H11N4OP. The third-order valence-electron chi connectivity index (χ3n) is 0.814. The summed E-state index contributed by atoms with van der Waals surface area (Å²) in [5.74, 6) is 0.0419. The largest absolute Gasteiger partial charge is 0.612 e. The molecule has 0 aromatic rings. The third kappa shape index (κ3) is 7.33. The normalized spacial score (nSPS) is 10.7. The van der Waals surface area contributed by atoms with Gasteiger partial charge < -0.3 is 16.4 Å². The lowest BCUT2D eigenvalue weighted by Gasteiger charge is -1.92. The molecule has 0 saturated heterocycles. The summed E-state index contributed by atoms with van der Waals surface area (Å²) >= 11 is 0. The highest BCUT2D eigenvalue weighted by atomic mass is 31.1. The Bertz CT molecular complexity index is 142. The fraction of sp³-hybridized carbons (Fsp3) is 0.750. The van der Waals surface area contributed by atoms with Crippen LogP contribution in [0.4, 0.5) is 0 Å². The highest BCUT2D eigenvalue weighted by Crippen LogP contribution is 2.08. The summed E-state index contributed by atoms with van der Waals surface area (Å²) < 4.78 is 0. The van der Waals surface area contributed by atoms with Gasteiger partial charge in [-0.05, 0) is 0 Å². The Kier molecular flexibility index (Phi) is 4.80. The SMILES string of the molecule is N=[P+]([O-])CCCN=C(N)N. The molecule has 0 bridgehead atoms. The van der Waals surface area contributed by atoms with Crippen LogP contribution in [0.2, 0.25) is 0 Å². The van der Waals surface area contributed by atoms with Crippen LogP contribution in [0.1, 0.15) is 6.42 Å². The van der Waals surface area contributed by atoms with E-state index >= 15 is 0 Å². The third-order valence-corrected chi connectivity index (χ3v) is 1.54. The summed E-state index contributed by atoms with van der Waals surface area (Å²) in [5, 5.41) is 6.66. The second-order valence-corrected chi connectivity index (χ2v) is 2.97. The second kappa shape index (κ2) is 5.14. The molecular weight excluding hydrogens is 151 g/mol. The van der Waals surface area contributed by atoms with Crippen LogP contribution in [-0.2, 0) is 0 Å². The van der Waals surface area contributed by atoms with Gasteiger partial charge in [-0.1, -0.05) is 0 Å². The van der Waals surface area contributed by atoms with Crippen molar-refractivity contribution in [2.45, 2.75) is 6.42 Å². The zero-order chi connectivity index (χ0) is 7.98. The summed E-state index contributed by atoms with van der Waals surface area (Å²) in [4.78, 5) is 13.8. The van der Waals surface area contributed by atoms with Crippen LogP contribution in [-0.4, -0.2) is 18.7 Å². The lowest BCUT2D eigenvalue weighted by atomic mass is 10.5. The minimum atomic E-state index is -1.78. The fourth-order valence-corrected chi connectivity index (χ4v) is 0.851. The molecule has 5 nitrogen and oxygen atoms in total. The Balaban J connectivity index is 3.21. The number of aliphatic imine (C=N–C) groups is 1. The van der Waals surface area contributed by atoms with Crippen LogP contribution < -0.4 is 16.4 Å². The first-order valence-corrected chi connectivity index (χ1v) is 4.28. The molecule has 0 aliphatic heterocycles. The van der Waals surface area contributed by atoms with E-state index in [9.17, 15) is 4.89 Å². The summed E-state index contributed by atoms with van der Waals surface area (Å²) in [6.07, 6.45) is 0.975. The quantitative estimate of drug-likeness (QED) is 0.217. The Hall–Kier alpha value is -0.670. The second-order valence-electron chi connectivity index (χ2n) is 1.76. The summed E-state index contributed by atoms with van der Waals surface area (Å²) in [7, 11) is -1.78. The highest BCUT2D eigenvalue weighted by Gasteiger charge is 1.92. The van der Waals surface area contributed by atoms with Gasteiger partial charge in [-0.15, -0.1) is 5.16 Å². The van der Waals surface area contributed by atoms with Crippen molar-refractivity contribution in [3.63, 3.8) is 0 Å². The van der Waals surface area contributed by atoms with Gasteiger partial charge in [-0.2, -0.15) is 0 Å². The van der Waals surface area contributed by atoms with Crippen molar-refractivity contribution in [2.75, 3.05) is 12.7 Å². The van der Waals surface area contributed by atoms with Gasteiger partial charge >= 0.3 is 0 Å². The molecule has 0 aliphatic rings. The van der Waals surface area contributed by atoms with Gasteiger partial charge in [0.2, 0.25) is 0 Å². The molecule has 0 aromatic carbocycles. The molecule has 0 spiro atoms. The maximum absolute atomic E-state index is 10.2. The fourth-order valence-electron chi connectivity index (χ4n) is 0.422. The first-order valence-electron chi connectivity index (χ1n) is 2.84. The zero-order valence-corrected chi connectivity index (χ0v) is 6.47. The molecule has 6 heteroatoms. The number of nitrogens with zero attached hydrogens (tertiary/aromatic N) is 1. The van der Waals surface area contributed by atoms with E-state index in [0.29, 0.717) is 19.1 Å². The lowest BCUT2D eigenvalue weighted by molar-refractivity contribution is -0.156. The summed E-state index contributed by atoms with van der Waals surface area (Å²) in [6, 6.07) is 0.